The van der Waals surface area contributed by atoms with Gasteiger partial charge in [-0.15, -0.1) is 0 Å². The van der Waals surface area contributed by atoms with E-state index in [0.717, 1.165) is 6.42 Å². The minimum atomic E-state index is -0.187. The Morgan fingerprint density at radius 2 is 2.23 bits per heavy atom. The number of para-hydroxylation sites is 1. The first kappa shape index (κ1) is 18.0. The SMILES string of the molecule is CCOCCCNC(=O)c1ccccc1N=C(NC#N)SC. The molecule has 0 atom stereocenters. The fourth-order valence-electron chi connectivity index (χ4n) is 1.66. The van der Waals surface area contributed by atoms with E-state index < -0.39 is 0 Å². The number of amides is 1. The Hall–Kier alpha value is -2.04. The van der Waals surface area contributed by atoms with E-state index in [9.17, 15) is 4.79 Å². The number of hydrogen-bond donors (Lipinski definition) is 2. The van der Waals surface area contributed by atoms with Crippen LogP contribution in [0.5, 0.6) is 0 Å². The summed E-state index contributed by atoms with van der Waals surface area (Å²) in [6.45, 7) is 3.78. The second kappa shape index (κ2) is 10.7. The lowest BCUT2D eigenvalue weighted by Gasteiger charge is -2.08. The van der Waals surface area contributed by atoms with Gasteiger partial charge in [-0.05, 0) is 31.7 Å². The largest absolute Gasteiger partial charge is 0.382 e. The van der Waals surface area contributed by atoms with Gasteiger partial charge < -0.3 is 10.1 Å². The summed E-state index contributed by atoms with van der Waals surface area (Å²) in [6.07, 6.45) is 4.39. The van der Waals surface area contributed by atoms with Gasteiger partial charge in [-0.2, -0.15) is 5.26 Å². The number of carbonyl (C=O) groups excluding carboxylic acids is 1. The second-order valence-corrected chi connectivity index (χ2v) is 4.98. The Morgan fingerprint density at radius 1 is 1.45 bits per heavy atom. The standard InChI is InChI=1S/C15H20N4O2S/c1-3-21-10-6-9-17-14(20)12-7-4-5-8-13(12)19-15(22-2)18-11-16/h4-5,7-8H,3,6,9-10H2,1-2H3,(H,17,20)(H,18,19). The molecule has 0 radical (unpaired) electrons. The average molecular weight is 320 g/mol. The van der Waals surface area contributed by atoms with Crippen molar-refractivity contribution in [3.63, 3.8) is 0 Å². The van der Waals surface area contributed by atoms with Crippen molar-refractivity contribution in [1.29, 1.82) is 5.26 Å². The molecule has 0 saturated carbocycles. The van der Waals surface area contributed by atoms with Crippen LogP contribution in [0.15, 0.2) is 29.3 Å². The maximum atomic E-state index is 12.2. The highest BCUT2D eigenvalue weighted by molar-refractivity contribution is 8.13. The third-order valence-corrected chi connectivity index (χ3v) is 3.26. The van der Waals surface area contributed by atoms with Crippen molar-refractivity contribution in [1.82, 2.24) is 10.6 Å². The normalized spacial score (nSPS) is 10.9. The van der Waals surface area contributed by atoms with Gasteiger partial charge in [0.05, 0.1) is 11.3 Å². The molecule has 0 aliphatic rings. The molecular weight excluding hydrogens is 300 g/mol. The first-order valence-corrected chi connectivity index (χ1v) is 8.18. The van der Waals surface area contributed by atoms with Gasteiger partial charge in [-0.3, -0.25) is 10.1 Å². The van der Waals surface area contributed by atoms with Crippen molar-refractivity contribution in [3.05, 3.63) is 29.8 Å². The quantitative estimate of drug-likeness (QED) is 0.265. The minimum Gasteiger partial charge on any atom is -0.382 e. The molecular formula is C15H20N4O2S. The van der Waals surface area contributed by atoms with Crippen LogP contribution in [0.3, 0.4) is 0 Å². The van der Waals surface area contributed by atoms with Gasteiger partial charge in [0.1, 0.15) is 0 Å². The van der Waals surface area contributed by atoms with Gasteiger partial charge in [0.2, 0.25) is 0 Å². The van der Waals surface area contributed by atoms with Gasteiger partial charge >= 0.3 is 0 Å². The van der Waals surface area contributed by atoms with Crippen molar-refractivity contribution in [2.24, 2.45) is 4.99 Å². The van der Waals surface area contributed by atoms with E-state index in [1.807, 2.05) is 13.1 Å². The number of amidine groups is 1. The van der Waals surface area contributed by atoms with E-state index in [-0.39, 0.29) is 5.91 Å². The molecule has 1 aromatic rings. The molecule has 6 nitrogen and oxygen atoms in total. The number of carbonyl (C=O) groups is 1. The number of thioether (sulfide) groups is 1. The smallest absolute Gasteiger partial charge is 0.253 e. The third-order valence-electron chi connectivity index (χ3n) is 2.68. The first-order chi connectivity index (χ1) is 10.7. The zero-order valence-corrected chi connectivity index (χ0v) is 13.6. The molecule has 0 heterocycles. The summed E-state index contributed by atoms with van der Waals surface area (Å²) in [4.78, 5) is 16.5. The molecule has 118 valence electrons. The molecule has 7 heteroatoms. The Bertz CT molecular complexity index is 555. The second-order valence-electron chi connectivity index (χ2n) is 4.18. The zero-order valence-electron chi connectivity index (χ0n) is 12.8. The van der Waals surface area contributed by atoms with Crippen molar-refractivity contribution < 1.29 is 9.53 Å². The van der Waals surface area contributed by atoms with Crippen LogP contribution in [0.25, 0.3) is 0 Å². The van der Waals surface area contributed by atoms with Crippen molar-refractivity contribution in [2.45, 2.75) is 13.3 Å². The molecule has 1 rings (SSSR count). The molecule has 1 aromatic carbocycles. The van der Waals surface area contributed by atoms with E-state index in [0.29, 0.717) is 36.2 Å². The molecule has 0 aliphatic carbocycles. The Balaban J connectivity index is 2.74. The van der Waals surface area contributed by atoms with Crippen LogP contribution in [0.1, 0.15) is 23.7 Å². The summed E-state index contributed by atoms with van der Waals surface area (Å²) in [5.41, 5.74) is 1.00. The van der Waals surface area contributed by atoms with E-state index in [2.05, 4.69) is 15.6 Å². The maximum Gasteiger partial charge on any atom is 0.253 e. The summed E-state index contributed by atoms with van der Waals surface area (Å²) in [5.74, 6) is -0.187. The third kappa shape index (κ3) is 6.16. The number of aliphatic imine (C=N–C) groups is 1. The van der Waals surface area contributed by atoms with Crippen molar-refractivity contribution >= 4 is 28.5 Å². The van der Waals surface area contributed by atoms with Crippen LogP contribution in [0.4, 0.5) is 5.69 Å². The number of nitriles is 1. The lowest BCUT2D eigenvalue weighted by molar-refractivity contribution is 0.0945. The topological polar surface area (TPSA) is 86.5 Å². The number of hydrogen-bond acceptors (Lipinski definition) is 5. The summed E-state index contributed by atoms with van der Waals surface area (Å²) >= 11 is 1.30. The van der Waals surface area contributed by atoms with E-state index in [1.54, 1.807) is 30.5 Å². The Kier molecular flexibility index (Phi) is 8.72. The molecule has 0 fully saturated rings. The molecule has 0 saturated heterocycles. The molecule has 0 spiro atoms. The molecule has 0 aliphatic heterocycles. The lowest BCUT2D eigenvalue weighted by Crippen LogP contribution is -2.25. The maximum absolute atomic E-state index is 12.2. The molecule has 0 aromatic heterocycles. The van der Waals surface area contributed by atoms with Gasteiger partial charge in [0.15, 0.2) is 11.4 Å². The predicted octanol–water partition coefficient (Wildman–Crippen LogP) is 2.26. The van der Waals surface area contributed by atoms with Crippen LogP contribution < -0.4 is 10.6 Å². The summed E-state index contributed by atoms with van der Waals surface area (Å²) in [7, 11) is 0. The average Bonchev–Trinajstić information content (AvgIpc) is 2.54. The number of nitrogens with zero attached hydrogens (tertiary/aromatic N) is 2. The number of nitrogens with one attached hydrogen (secondary N) is 2. The number of benzene rings is 1. The number of rotatable bonds is 7. The van der Waals surface area contributed by atoms with Gasteiger partial charge in [0.25, 0.3) is 5.91 Å². The van der Waals surface area contributed by atoms with Crippen LogP contribution >= 0.6 is 11.8 Å². The first-order valence-electron chi connectivity index (χ1n) is 6.95. The summed E-state index contributed by atoms with van der Waals surface area (Å²) in [5, 5.41) is 14.4. The van der Waals surface area contributed by atoms with Gasteiger partial charge in [-0.1, -0.05) is 23.9 Å². The van der Waals surface area contributed by atoms with E-state index in [4.69, 9.17) is 10.00 Å². The molecule has 1 amide bonds. The summed E-state index contributed by atoms with van der Waals surface area (Å²) < 4.78 is 5.22. The highest BCUT2D eigenvalue weighted by Crippen LogP contribution is 2.20. The van der Waals surface area contributed by atoms with Gasteiger partial charge in [0, 0.05) is 19.8 Å². The highest BCUT2D eigenvalue weighted by Gasteiger charge is 2.10. The van der Waals surface area contributed by atoms with Crippen LogP contribution in [0, 0.1) is 11.5 Å². The van der Waals surface area contributed by atoms with Crippen LogP contribution in [-0.2, 0) is 4.74 Å². The van der Waals surface area contributed by atoms with Gasteiger partial charge in [-0.25, -0.2) is 4.99 Å². The van der Waals surface area contributed by atoms with E-state index in [1.165, 1.54) is 11.8 Å². The highest BCUT2D eigenvalue weighted by atomic mass is 32.2. The number of ether oxygens (including phenoxy) is 1. The fourth-order valence-corrected chi connectivity index (χ4v) is 2.00. The van der Waals surface area contributed by atoms with Crippen molar-refractivity contribution in [3.8, 4) is 6.19 Å². The minimum absolute atomic E-state index is 0.187. The lowest BCUT2D eigenvalue weighted by atomic mass is 10.1. The molecule has 0 unspecified atom stereocenters. The Morgan fingerprint density at radius 3 is 2.91 bits per heavy atom. The molecule has 22 heavy (non-hydrogen) atoms. The van der Waals surface area contributed by atoms with E-state index >= 15 is 0 Å². The molecule has 0 bridgehead atoms. The fraction of sp³-hybridized carbons (Fsp3) is 0.400. The monoisotopic (exact) mass is 320 g/mol. The Labute approximate surface area is 135 Å². The zero-order chi connectivity index (χ0) is 16.2. The van der Waals surface area contributed by atoms with Crippen LogP contribution in [0.2, 0.25) is 0 Å². The summed E-state index contributed by atoms with van der Waals surface area (Å²) in [6, 6.07) is 7.03. The van der Waals surface area contributed by atoms with Crippen molar-refractivity contribution in [2.75, 3.05) is 26.0 Å². The molecule has 2 N–H and O–H groups in total. The predicted molar refractivity (Wildman–Crippen MR) is 89.2 cm³/mol. The van der Waals surface area contributed by atoms with Crippen LogP contribution in [-0.4, -0.2) is 37.1 Å².